The molecule has 1 saturated carbocycles. The van der Waals surface area contributed by atoms with Crippen molar-refractivity contribution in [2.75, 3.05) is 20.2 Å². The van der Waals surface area contributed by atoms with Gasteiger partial charge in [-0.2, -0.15) is 0 Å². The summed E-state index contributed by atoms with van der Waals surface area (Å²) in [4.78, 5) is 20.4. The van der Waals surface area contributed by atoms with Crippen LogP contribution in [-0.4, -0.2) is 48.0 Å². The average Bonchev–Trinajstić information content (AvgIpc) is 3.30. The molecule has 0 spiro atoms. The number of piperidine rings is 1. The third-order valence-corrected chi connectivity index (χ3v) is 9.31. The number of oxime groups is 1. The number of amides is 1. The Morgan fingerprint density at radius 2 is 1.74 bits per heavy atom. The highest BCUT2D eigenvalue weighted by Gasteiger charge is 2.34. The maximum Gasteiger partial charge on any atom is 0.407 e. The number of rotatable bonds is 8. The van der Waals surface area contributed by atoms with Gasteiger partial charge in [-0.15, -0.1) is 0 Å². The second-order valence-corrected chi connectivity index (χ2v) is 12.9. The number of benzene rings is 2. The highest BCUT2D eigenvalue weighted by Crippen LogP contribution is 2.40. The zero-order valence-electron chi connectivity index (χ0n) is 25.4. The molecular formula is C34H45FN4O3. The predicted molar refractivity (Wildman–Crippen MR) is 165 cm³/mol. The van der Waals surface area contributed by atoms with Crippen LogP contribution in [0.15, 0.2) is 53.7 Å². The minimum Gasteiger partial charge on any atom is -0.445 e. The number of carbonyl (C=O) groups is 1. The molecule has 0 unspecified atom stereocenters. The number of halogens is 1. The molecule has 0 atom stereocenters. The van der Waals surface area contributed by atoms with E-state index in [0.29, 0.717) is 11.5 Å². The number of nitrogens with zero attached hydrogens (tertiary/aromatic N) is 3. The summed E-state index contributed by atoms with van der Waals surface area (Å²) >= 11 is 0. The number of likely N-dealkylation sites (tertiary alicyclic amines) is 1. The molecule has 2 aromatic carbocycles. The van der Waals surface area contributed by atoms with Crippen molar-refractivity contribution in [3.8, 4) is 0 Å². The first-order chi connectivity index (χ1) is 20.2. The van der Waals surface area contributed by atoms with Gasteiger partial charge in [-0.3, -0.25) is 0 Å². The fourth-order valence-electron chi connectivity index (χ4n) is 6.96. The van der Waals surface area contributed by atoms with Crippen molar-refractivity contribution >= 4 is 23.2 Å². The first kappa shape index (κ1) is 30.1. The predicted octanol–water partition coefficient (Wildman–Crippen LogP) is 7.43. The Labute approximate surface area is 249 Å². The van der Waals surface area contributed by atoms with Crippen LogP contribution in [0.25, 0.3) is 10.9 Å². The van der Waals surface area contributed by atoms with Crippen molar-refractivity contribution in [3.05, 3.63) is 71.2 Å². The van der Waals surface area contributed by atoms with E-state index < -0.39 is 6.09 Å². The number of aromatic nitrogens is 1. The Balaban J connectivity index is 1.33. The van der Waals surface area contributed by atoms with Gasteiger partial charge in [0.2, 0.25) is 0 Å². The molecule has 2 fully saturated rings. The molecule has 1 amide bonds. The Bertz CT molecular complexity index is 1360. The molecule has 8 heteroatoms. The number of hydrogen-bond donors (Lipinski definition) is 1. The highest BCUT2D eigenvalue weighted by atomic mass is 19.1. The summed E-state index contributed by atoms with van der Waals surface area (Å²) in [6.45, 7) is 9.60. The minimum absolute atomic E-state index is 0.189. The summed E-state index contributed by atoms with van der Waals surface area (Å²) in [5.74, 6) is 0.494. The van der Waals surface area contributed by atoms with E-state index in [0.717, 1.165) is 59.6 Å². The number of fused-ring (bicyclic) bond motifs is 1. The molecule has 7 nitrogen and oxygen atoms in total. The molecule has 226 valence electrons. The normalized spacial score (nSPS) is 20.7. The van der Waals surface area contributed by atoms with Gasteiger partial charge in [0.1, 0.15) is 19.5 Å². The summed E-state index contributed by atoms with van der Waals surface area (Å²) in [6.07, 6.45) is 8.26. The first-order valence-corrected chi connectivity index (χ1v) is 15.3. The third-order valence-electron chi connectivity index (χ3n) is 9.31. The number of hydrogen-bond acceptors (Lipinski definition) is 5. The van der Waals surface area contributed by atoms with Crippen LogP contribution in [0.5, 0.6) is 0 Å². The second kappa shape index (κ2) is 13.3. The zero-order chi connectivity index (χ0) is 29.7. The molecule has 3 aromatic rings. The highest BCUT2D eigenvalue weighted by molar-refractivity contribution is 6.01. The minimum atomic E-state index is -0.503. The molecule has 1 aromatic heterocycles. The van der Waals surface area contributed by atoms with Crippen molar-refractivity contribution in [2.45, 2.75) is 84.5 Å². The van der Waals surface area contributed by atoms with E-state index >= 15 is 0 Å². The molecule has 1 N–H and O–H groups in total. The van der Waals surface area contributed by atoms with Gasteiger partial charge in [0, 0.05) is 47.3 Å². The van der Waals surface area contributed by atoms with Crippen LogP contribution in [0, 0.1) is 17.2 Å². The van der Waals surface area contributed by atoms with Gasteiger partial charge in [0.05, 0.1) is 12.8 Å². The summed E-state index contributed by atoms with van der Waals surface area (Å²) in [7, 11) is 1.49. The molecule has 1 saturated heterocycles. The monoisotopic (exact) mass is 576 g/mol. The summed E-state index contributed by atoms with van der Waals surface area (Å²) in [6, 6.07) is 15.4. The summed E-state index contributed by atoms with van der Waals surface area (Å²) in [5.41, 5.74) is 3.86. The van der Waals surface area contributed by atoms with Crippen molar-refractivity contribution in [3.63, 3.8) is 0 Å². The van der Waals surface area contributed by atoms with Gasteiger partial charge >= 0.3 is 6.09 Å². The van der Waals surface area contributed by atoms with E-state index in [1.807, 2.05) is 36.4 Å². The van der Waals surface area contributed by atoms with Crippen LogP contribution in [0.2, 0.25) is 0 Å². The second-order valence-electron chi connectivity index (χ2n) is 12.9. The van der Waals surface area contributed by atoms with Crippen LogP contribution in [0.4, 0.5) is 9.18 Å². The van der Waals surface area contributed by atoms with Crippen LogP contribution in [0.1, 0.15) is 82.2 Å². The molecule has 42 heavy (non-hydrogen) atoms. The topological polar surface area (TPSA) is 68.1 Å². The van der Waals surface area contributed by atoms with Crippen molar-refractivity contribution < 1.29 is 18.8 Å². The molecular weight excluding hydrogens is 531 g/mol. The fraction of sp³-hybridized carbons (Fsp3) is 0.529. The lowest BCUT2D eigenvalue weighted by Crippen LogP contribution is -2.44. The number of nitrogens with one attached hydrogen (secondary N) is 1. The van der Waals surface area contributed by atoms with Gasteiger partial charge in [-0.05, 0) is 73.6 Å². The number of ether oxygens (including phenoxy) is 1. The summed E-state index contributed by atoms with van der Waals surface area (Å²) in [5, 5.41) is 7.71. The van der Waals surface area contributed by atoms with Gasteiger partial charge < -0.3 is 24.4 Å². The lowest BCUT2D eigenvalue weighted by Gasteiger charge is -2.44. The van der Waals surface area contributed by atoms with Crippen LogP contribution >= 0.6 is 0 Å². The maximum absolute atomic E-state index is 14.5. The van der Waals surface area contributed by atoms with E-state index in [-0.39, 0.29) is 25.0 Å². The molecule has 5 rings (SSSR count). The van der Waals surface area contributed by atoms with Gasteiger partial charge in [-0.25, -0.2) is 9.18 Å². The SMILES string of the molecule is CON=Cc1c(CNC(=O)OCc2ccccc2)n(C2CCN([C@H]3CC[C@@H](C(C)(C)C)CC3)CC2)c2ccc(F)cc12. The molecule has 0 bridgehead atoms. The molecule has 1 aliphatic carbocycles. The Hall–Kier alpha value is -3.39. The summed E-state index contributed by atoms with van der Waals surface area (Å²) < 4.78 is 22.2. The van der Waals surface area contributed by atoms with Gasteiger partial charge in [0.15, 0.2) is 0 Å². The van der Waals surface area contributed by atoms with Crippen LogP contribution < -0.4 is 5.32 Å². The lowest BCUT2D eigenvalue weighted by atomic mass is 9.71. The Morgan fingerprint density at radius 1 is 1.02 bits per heavy atom. The van der Waals surface area contributed by atoms with E-state index in [4.69, 9.17) is 9.57 Å². The van der Waals surface area contributed by atoms with E-state index in [9.17, 15) is 9.18 Å². The number of alkyl carbamates (subject to hydrolysis) is 1. The molecule has 2 aliphatic rings. The third kappa shape index (κ3) is 6.97. The standard InChI is InChI=1S/C34H45FN4O3/c1-34(2,3)25-10-13-27(14-11-25)38-18-16-28(17-19-38)39-31-15-12-26(35)20-29(31)30(21-37-41-4)32(39)22-36-33(40)42-23-24-8-6-5-7-9-24/h5-9,12,15,20-21,25,27-28H,10-11,13-14,16-19,22-23H2,1-4H3,(H,36,40)/t25-,27+. The lowest BCUT2D eigenvalue weighted by molar-refractivity contribution is 0.0719. The molecule has 0 radical (unpaired) electrons. The zero-order valence-corrected chi connectivity index (χ0v) is 25.4. The molecule has 2 heterocycles. The van der Waals surface area contributed by atoms with Crippen LogP contribution in [0.3, 0.4) is 0 Å². The van der Waals surface area contributed by atoms with Crippen molar-refractivity contribution in [1.82, 2.24) is 14.8 Å². The molecule has 1 aliphatic heterocycles. The quantitative estimate of drug-likeness (QED) is 0.224. The van der Waals surface area contributed by atoms with E-state index in [1.54, 1.807) is 12.3 Å². The number of carbonyl (C=O) groups excluding carboxylic acids is 1. The van der Waals surface area contributed by atoms with Crippen LogP contribution in [-0.2, 0) is 22.7 Å². The van der Waals surface area contributed by atoms with Gasteiger partial charge in [0.25, 0.3) is 0 Å². The Morgan fingerprint density at radius 3 is 2.40 bits per heavy atom. The van der Waals surface area contributed by atoms with Gasteiger partial charge in [-0.1, -0.05) is 56.3 Å². The van der Waals surface area contributed by atoms with E-state index in [1.165, 1.54) is 38.9 Å². The Kier molecular flexibility index (Phi) is 9.51. The first-order valence-electron chi connectivity index (χ1n) is 15.3. The maximum atomic E-state index is 14.5. The largest absolute Gasteiger partial charge is 0.445 e. The van der Waals surface area contributed by atoms with E-state index in [2.05, 4.69) is 40.7 Å². The fourth-order valence-corrected chi connectivity index (χ4v) is 6.96. The average molecular weight is 577 g/mol. The van der Waals surface area contributed by atoms with Crippen molar-refractivity contribution in [1.29, 1.82) is 0 Å². The smallest absolute Gasteiger partial charge is 0.407 e. The van der Waals surface area contributed by atoms with Crippen molar-refractivity contribution in [2.24, 2.45) is 16.5 Å².